The Morgan fingerprint density at radius 3 is 2.54 bits per heavy atom. The van der Waals surface area contributed by atoms with Crippen LogP contribution in [-0.4, -0.2) is 12.9 Å². The molecule has 3 aromatic rings. The van der Waals surface area contributed by atoms with Crippen LogP contribution in [0.15, 0.2) is 54.6 Å². The molecule has 0 amide bonds. The summed E-state index contributed by atoms with van der Waals surface area (Å²) >= 11 is 7.50. The Labute approximate surface area is 174 Å². The number of carbonyl (C=O) groups excluding carboxylic acids is 1. The monoisotopic (exact) mass is 412 g/mol. The van der Waals surface area contributed by atoms with Crippen molar-refractivity contribution in [1.82, 2.24) is 0 Å². The summed E-state index contributed by atoms with van der Waals surface area (Å²) in [4.78, 5) is 14.1. The third-order valence-electron chi connectivity index (χ3n) is 4.23. The summed E-state index contributed by atoms with van der Waals surface area (Å²) in [6, 6.07) is 15.1. The van der Waals surface area contributed by atoms with Gasteiger partial charge in [-0.2, -0.15) is 0 Å². The number of hydrogen-bond acceptors (Lipinski definition) is 4. The fourth-order valence-electron chi connectivity index (χ4n) is 2.77. The molecule has 0 saturated carbocycles. The van der Waals surface area contributed by atoms with Gasteiger partial charge in [-0.3, -0.25) is 4.79 Å². The van der Waals surface area contributed by atoms with Gasteiger partial charge in [-0.25, -0.2) is 0 Å². The van der Waals surface area contributed by atoms with Gasteiger partial charge in [-0.15, -0.1) is 11.3 Å². The lowest BCUT2D eigenvalue weighted by Crippen LogP contribution is -2.00. The predicted octanol–water partition coefficient (Wildman–Crippen LogP) is 6.50. The molecule has 0 aliphatic heterocycles. The van der Waals surface area contributed by atoms with Crippen LogP contribution in [0.4, 0.5) is 0 Å². The Hall–Kier alpha value is -2.56. The quantitative estimate of drug-likeness (QED) is 0.328. The van der Waals surface area contributed by atoms with Crippen LogP contribution < -0.4 is 9.47 Å². The first kappa shape index (κ1) is 20.2. The van der Waals surface area contributed by atoms with Gasteiger partial charge in [0.05, 0.1) is 12.0 Å². The maximum absolute atomic E-state index is 12.3. The molecule has 144 valence electrons. The molecular weight excluding hydrogens is 392 g/mol. The first-order valence-electron chi connectivity index (χ1n) is 8.81. The van der Waals surface area contributed by atoms with Gasteiger partial charge >= 0.3 is 0 Å². The van der Waals surface area contributed by atoms with Gasteiger partial charge < -0.3 is 9.47 Å². The summed E-state index contributed by atoms with van der Waals surface area (Å²) in [6.07, 6.45) is 3.41. The average Bonchev–Trinajstić information content (AvgIpc) is 3.12. The molecular formula is C23H21ClO3S. The van der Waals surface area contributed by atoms with E-state index in [0.717, 1.165) is 37.9 Å². The number of carbonyl (C=O) groups is 1. The Balaban J connectivity index is 1.75. The predicted molar refractivity (Wildman–Crippen MR) is 116 cm³/mol. The van der Waals surface area contributed by atoms with E-state index in [4.69, 9.17) is 21.1 Å². The highest BCUT2D eigenvalue weighted by Crippen LogP contribution is 2.26. The highest BCUT2D eigenvalue weighted by Gasteiger charge is 2.08. The molecule has 0 spiro atoms. The van der Waals surface area contributed by atoms with Gasteiger partial charge in [0.1, 0.15) is 18.1 Å². The van der Waals surface area contributed by atoms with Gasteiger partial charge in [-0.1, -0.05) is 23.7 Å². The summed E-state index contributed by atoms with van der Waals surface area (Å²) in [5.74, 6) is 1.52. The zero-order chi connectivity index (χ0) is 20.1. The van der Waals surface area contributed by atoms with E-state index in [-0.39, 0.29) is 5.78 Å². The first-order valence-corrected chi connectivity index (χ1v) is 10.0. The Morgan fingerprint density at radius 1 is 1.07 bits per heavy atom. The van der Waals surface area contributed by atoms with Crippen LogP contribution in [0.3, 0.4) is 0 Å². The van der Waals surface area contributed by atoms with E-state index >= 15 is 0 Å². The molecule has 28 heavy (non-hydrogen) atoms. The molecule has 3 nitrogen and oxygen atoms in total. The number of methoxy groups -OCH3 is 1. The lowest BCUT2D eigenvalue weighted by molar-refractivity contribution is 0.105. The van der Waals surface area contributed by atoms with E-state index in [1.807, 2.05) is 62.4 Å². The largest absolute Gasteiger partial charge is 0.496 e. The van der Waals surface area contributed by atoms with Crippen LogP contribution in [0.2, 0.25) is 5.02 Å². The number of aryl methyl sites for hydroxylation is 2. The molecule has 0 N–H and O–H groups in total. The molecule has 0 bridgehead atoms. The average molecular weight is 413 g/mol. The van der Waals surface area contributed by atoms with E-state index in [0.29, 0.717) is 11.6 Å². The third-order valence-corrected chi connectivity index (χ3v) is 5.49. The molecule has 5 heteroatoms. The Kier molecular flexibility index (Phi) is 6.55. The molecule has 0 atom stereocenters. The minimum atomic E-state index is 0.00325. The number of hydrogen-bond donors (Lipinski definition) is 0. The van der Waals surface area contributed by atoms with E-state index in [9.17, 15) is 4.79 Å². The molecule has 0 radical (unpaired) electrons. The van der Waals surface area contributed by atoms with Crippen molar-refractivity contribution in [3.05, 3.63) is 86.1 Å². The fourth-order valence-corrected chi connectivity index (χ4v) is 3.78. The van der Waals surface area contributed by atoms with Crippen molar-refractivity contribution in [3.63, 3.8) is 0 Å². The standard InChI is InChI=1S/C23H21ClO3S/c1-15-12-19(24)7-10-21(15)27-14-18-13-17(6-9-22(18)26-3)5-8-20(25)23-11-4-16(2)28-23/h4-13H,14H2,1-3H3/b8-5+. The fraction of sp³-hybridized carbons (Fsp3) is 0.174. The minimum Gasteiger partial charge on any atom is -0.496 e. The van der Waals surface area contributed by atoms with E-state index in [2.05, 4.69) is 0 Å². The molecule has 2 aromatic carbocycles. The summed E-state index contributed by atoms with van der Waals surface area (Å²) in [5, 5.41) is 0.681. The van der Waals surface area contributed by atoms with Crippen molar-refractivity contribution in [2.45, 2.75) is 20.5 Å². The highest BCUT2D eigenvalue weighted by atomic mass is 35.5. The number of ether oxygens (including phenoxy) is 2. The van der Waals surface area contributed by atoms with Gasteiger partial charge in [0.15, 0.2) is 5.78 Å². The van der Waals surface area contributed by atoms with Crippen molar-refractivity contribution >= 4 is 34.8 Å². The number of allylic oxidation sites excluding steroid dienone is 1. The maximum atomic E-state index is 12.3. The number of halogens is 1. The number of thiophene rings is 1. The summed E-state index contributed by atoms with van der Waals surface area (Å²) in [6.45, 7) is 4.30. The van der Waals surface area contributed by atoms with Crippen LogP contribution in [0.1, 0.15) is 31.2 Å². The van der Waals surface area contributed by atoms with Crippen LogP contribution in [-0.2, 0) is 6.61 Å². The lowest BCUT2D eigenvalue weighted by Gasteiger charge is -2.13. The zero-order valence-electron chi connectivity index (χ0n) is 16.0. The van der Waals surface area contributed by atoms with Crippen molar-refractivity contribution < 1.29 is 14.3 Å². The van der Waals surface area contributed by atoms with Crippen molar-refractivity contribution in [1.29, 1.82) is 0 Å². The summed E-state index contributed by atoms with van der Waals surface area (Å²) in [7, 11) is 1.63. The van der Waals surface area contributed by atoms with Gasteiger partial charge in [0.2, 0.25) is 0 Å². The molecule has 0 unspecified atom stereocenters. The van der Waals surface area contributed by atoms with Gasteiger partial charge in [-0.05, 0) is 73.5 Å². The van der Waals surface area contributed by atoms with Crippen LogP contribution in [0, 0.1) is 13.8 Å². The lowest BCUT2D eigenvalue weighted by atomic mass is 10.1. The van der Waals surface area contributed by atoms with Gasteiger partial charge in [0, 0.05) is 15.5 Å². The van der Waals surface area contributed by atoms with Crippen LogP contribution in [0.25, 0.3) is 6.08 Å². The highest BCUT2D eigenvalue weighted by molar-refractivity contribution is 7.14. The minimum absolute atomic E-state index is 0.00325. The Morgan fingerprint density at radius 2 is 1.86 bits per heavy atom. The number of benzene rings is 2. The van der Waals surface area contributed by atoms with E-state index in [1.54, 1.807) is 19.3 Å². The second-order valence-corrected chi connectivity index (χ2v) is 8.10. The van der Waals surface area contributed by atoms with E-state index < -0.39 is 0 Å². The van der Waals surface area contributed by atoms with Crippen molar-refractivity contribution in [3.8, 4) is 11.5 Å². The molecule has 1 heterocycles. The Bertz CT molecular complexity index is 1020. The summed E-state index contributed by atoms with van der Waals surface area (Å²) in [5.41, 5.74) is 2.78. The van der Waals surface area contributed by atoms with Crippen LogP contribution in [0.5, 0.6) is 11.5 Å². The number of rotatable bonds is 7. The molecule has 0 fully saturated rings. The SMILES string of the molecule is COc1ccc(/C=C/C(=O)c2ccc(C)s2)cc1COc1ccc(Cl)cc1C. The second-order valence-electron chi connectivity index (χ2n) is 6.38. The second kappa shape index (κ2) is 9.09. The van der Waals surface area contributed by atoms with Crippen LogP contribution >= 0.6 is 22.9 Å². The van der Waals surface area contributed by atoms with Gasteiger partial charge in [0.25, 0.3) is 0 Å². The maximum Gasteiger partial charge on any atom is 0.195 e. The molecule has 1 aromatic heterocycles. The topological polar surface area (TPSA) is 35.5 Å². The molecule has 0 aliphatic carbocycles. The molecule has 0 aliphatic rings. The molecule has 3 rings (SSSR count). The first-order chi connectivity index (χ1) is 13.5. The summed E-state index contributed by atoms with van der Waals surface area (Å²) < 4.78 is 11.4. The molecule has 0 saturated heterocycles. The van der Waals surface area contributed by atoms with Crippen molar-refractivity contribution in [2.75, 3.05) is 7.11 Å². The third kappa shape index (κ3) is 5.03. The van der Waals surface area contributed by atoms with Crippen molar-refractivity contribution in [2.24, 2.45) is 0 Å². The van der Waals surface area contributed by atoms with E-state index in [1.165, 1.54) is 11.3 Å². The number of ketones is 1. The smallest absolute Gasteiger partial charge is 0.195 e. The zero-order valence-corrected chi connectivity index (χ0v) is 17.6. The normalized spacial score (nSPS) is 11.0.